The first-order valence-corrected chi connectivity index (χ1v) is 15.8. The molecule has 5 aromatic rings. The van der Waals surface area contributed by atoms with Crippen molar-refractivity contribution in [2.75, 3.05) is 10.6 Å². The zero-order chi connectivity index (χ0) is 31.6. The number of anilines is 2. The molecule has 0 fully saturated rings. The number of benzene rings is 4. The van der Waals surface area contributed by atoms with Gasteiger partial charge in [0.05, 0.1) is 0 Å². The molecule has 0 bridgehead atoms. The summed E-state index contributed by atoms with van der Waals surface area (Å²) in [5.74, 6) is -1.17. The van der Waals surface area contributed by atoms with Crippen LogP contribution in [0.2, 0.25) is 0 Å². The number of carbonyl (C=O) groups excluding carboxylic acids is 4. The number of ketones is 1. The van der Waals surface area contributed by atoms with Gasteiger partial charge < -0.3 is 16.0 Å². The number of nitrogens with one attached hydrogen (secondary N) is 3. The summed E-state index contributed by atoms with van der Waals surface area (Å²) in [6, 6.07) is 35.8. The van der Waals surface area contributed by atoms with Gasteiger partial charge in [-0.3, -0.25) is 19.2 Å². The van der Waals surface area contributed by atoms with E-state index >= 15 is 0 Å². The maximum atomic E-state index is 13.5. The van der Waals surface area contributed by atoms with Crippen LogP contribution in [0.4, 0.5) is 11.4 Å². The van der Waals surface area contributed by atoms with E-state index in [0.29, 0.717) is 22.5 Å². The monoisotopic (exact) mass is 631 g/mol. The number of rotatable bonds is 11. The minimum atomic E-state index is -0.607. The van der Waals surface area contributed by atoms with Crippen molar-refractivity contribution in [3.63, 3.8) is 0 Å². The Hall–Kier alpha value is -5.25. The third-order valence-corrected chi connectivity index (χ3v) is 8.67. The van der Waals surface area contributed by atoms with Gasteiger partial charge in [-0.05, 0) is 84.6 Å². The molecule has 0 aliphatic heterocycles. The lowest BCUT2D eigenvalue weighted by molar-refractivity contribution is -0.116. The number of carbonyl (C=O) groups is 4. The second kappa shape index (κ2) is 15.0. The highest BCUT2D eigenvalue weighted by Gasteiger charge is 2.23. The molecule has 224 valence electrons. The molecular weight excluding hydrogens is 603 g/mol. The fourth-order valence-electron chi connectivity index (χ4n) is 4.34. The van der Waals surface area contributed by atoms with E-state index in [9.17, 15) is 19.2 Å². The number of amides is 3. The van der Waals surface area contributed by atoms with Gasteiger partial charge in [0.25, 0.3) is 11.8 Å². The molecule has 45 heavy (non-hydrogen) atoms. The third kappa shape index (κ3) is 8.66. The molecule has 1 unspecified atom stereocenters. The van der Waals surface area contributed by atoms with E-state index in [-0.39, 0.29) is 17.4 Å². The molecular formula is C36H29N3O4S2. The summed E-state index contributed by atoms with van der Waals surface area (Å²) in [6.45, 7) is 1.49. The van der Waals surface area contributed by atoms with Crippen molar-refractivity contribution in [2.24, 2.45) is 0 Å². The number of thiophene rings is 1. The van der Waals surface area contributed by atoms with Crippen LogP contribution in [0, 0.1) is 0 Å². The highest BCUT2D eigenvalue weighted by molar-refractivity contribution is 8.00. The smallest absolute Gasteiger partial charge is 0.272 e. The average molecular weight is 632 g/mol. The van der Waals surface area contributed by atoms with Gasteiger partial charge >= 0.3 is 0 Å². The fourth-order valence-corrected chi connectivity index (χ4v) is 6.08. The van der Waals surface area contributed by atoms with E-state index in [1.54, 1.807) is 72.8 Å². The van der Waals surface area contributed by atoms with Gasteiger partial charge in [-0.2, -0.15) is 0 Å². The molecule has 0 aliphatic carbocycles. The summed E-state index contributed by atoms with van der Waals surface area (Å²) in [6.07, 6.45) is 1.64. The first-order chi connectivity index (χ1) is 21.9. The second-order valence-electron chi connectivity index (χ2n) is 9.91. The molecule has 0 radical (unpaired) electrons. The van der Waals surface area contributed by atoms with Crippen LogP contribution in [-0.2, 0) is 9.59 Å². The maximum absolute atomic E-state index is 13.5. The van der Waals surface area contributed by atoms with Crippen molar-refractivity contribution >= 4 is 64.1 Å². The molecule has 4 aromatic carbocycles. The zero-order valence-corrected chi connectivity index (χ0v) is 25.9. The van der Waals surface area contributed by atoms with Gasteiger partial charge in [0, 0.05) is 32.3 Å². The SMILES string of the molecule is CC(=O)c1ccc(NC(=O)C(Sc2cccc(NC(=O)/C(=C/c3cccs3)NC(=O)c3ccccc3)c2)c2ccccc2)cc1. The molecule has 1 atom stereocenters. The van der Waals surface area contributed by atoms with Gasteiger partial charge in [0.15, 0.2) is 5.78 Å². The van der Waals surface area contributed by atoms with Crippen molar-refractivity contribution in [1.82, 2.24) is 5.32 Å². The Labute approximate surface area is 269 Å². The van der Waals surface area contributed by atoms with E-state index in [4.69, 9.17) is 0 Å². The Morgan fingerprint density at radius 1 is 0.711 bits per heavy atom. The first-order valence-electron chi connectivity index (χ1n) is 14.0. The van der Waals surface area contributed by atoms with E-state index in [1.165, 1.54) is 30.0 Å². The quantitative estimate of drug-likeness (QED) is 0.0783. The minimum Gasteiger partial charge on any atom is -0.325 e. The van der Waals surface area contributed by atoms with E-state index in [0.717, 1.165) is 15.3 Å². The van der Waals surface area contributed by atoms with E-state index in [2.05, 4.69) is 16.0 Å². The van der Waals surface area contributed by atoms with Crippen molar-refractivity contribution in [3.05, 3.63) is 154 Å². The van der Waals surface area contributed by atoms with Crippen LogP contribution >= 0.6 is 23.1 Å². The summed E-state index contributed by atoms with van der Waals surface area (Å²) in [7, 11) is 0. The Bertz CT molecular complexity index is 1820. The normalized spacial score (nSPS) is 11.7. The van der Waals surface area contributed by atoms with Crippen LogP contribution in [0.25, 0.3) is 6.08 Å². The van der Waals surface area contributed by atoms with Crippen LogP contribution in [0.3, 0.4) is 0 Å². The topological polar surface area (TPSA) is 104 Å². The Morgan fingerprint density at radius 2 is 1.42 bits per heavy atom. The fraction of sp³-hybridized carbons (Fsp3) is 0.0556. The molecule has 7 nitrogen and oxygen atoms in total. The lowest BCUT2D eigenvalue weighted by atomic mass is 10.1. The van der Waals surface area contributed by atoms with Crippen LogP contribution in [0.15, 0.2) is 137 Å². The Balaban J connectivity index is 1.34. The molecule has 5 rings (SSSR count). The van der Waals surface area contributed by atoms with Gasteiger partial charge in [0.2, 0.25) is 5.91 Å². The van der Waals surface area contributed by atoms with Crippen LogP contribution in [0.1, 0.15) is 43.3 Å². The number of hydrogen-bond acceptors (Lipinski definition) is 6. The van der Waals surface area contributed by atoms with Gasteiger partial charge in [-0.1, -0.05) is 60.7 Å². The average Bonchev–Trinajstić information content (AvgIpc) is 3.58. The molecule has 3 amide bonds. The van der Waals surface area contributed by atoms with Crippen LogP contribution < -0.4 is 16.0 Å². The lowest BCUT2D eigenvalue weighted by Crippen LogP contribution is -2.30. The molecule has 0 saturated heterocycles. The summed E-state index contributed by atoms with van der Waals surface area (Å²) in [5, 5.41) is 9.87. The molecule has 0 aliphatic rings. The standard InChI is InChI=1S/C36H29N3O4S2/c1-24(40)25-17-19-28(20-18-25)37-36(43)33(26-10-4-2-5-11-26)45-31-15-8-14-29(22-31)38-35(42)32(23-30-16-9-21-44-30)39-34(41)27-12-6-3-7-13-27/h2-23,33H,1H3,(H,37,43)(H,38,42)(H,39,41)/b32-23-. The molecule has 0 saturated carbocycles. The van der Waals surface area contributed by atoms with Crippen molar-refractivity contribution in [3.8, 4) is 0 Å². The predicted octanol–water partition coefficient (Wildman–Crippen LogP) is 7.83. The number of Topliss-reactive ketones (excluding diaryl/α,β-unsaturated/α-hetero) is 1. The first kappa shape index (κ1) is 31.2. The lowest BCUT2D eigenvalue weighted by Gasteiger charge is -2.18. The van der Waals surface area contributed by atoms with Crippen LogP contribution in [-0.4, -0.2) is 23.5 Å². The summed E-state index contributed by atoms with van der Waals surface area (Å²) >= 11 is 2.78. The minimum absolute atomic E-state index is 0.0507. The van der Waals surface area contributed by atoms with Gasteiger partial charge in [-0.15, -0.1) is 23.1 Å². The van der Waals surface area contributed by atoms with E-state index in [1.807, 2.05) is 60.0 Å². The summed E-state index contributed by atoms with van der Waals surface area (Å²) in [4.78, 5) is 53.1. The summed E-state index contributed by atoms with van der Waals surface area (Å²) in [5.41, 5.74) is 2.98. The largest absolute Gasteiger partial charge is 0.325 e. The summed E-state index contributed by atoms with van der Waals surface area (Å²) < 4.78 is 0. The molecule has 0 spiro atoms. The molecule has 9 heteroatoms. The molecule has 1 aromatic heterocycles. The third-order valence-electron chi connectivity index (χ3n) is 6.60. The predicted molar refractivity (Wildman–Crippen MR) is 181 cm³/mol. The molecule has 1 heterocycles. The Kier molecular flexibility index (Phi) is 10.4. The number of hydrogen-bond donors (Lipinski definition) is 3. The van der Waals surface area contributed by atoms with Gasteiger partial charge in [-0.25, -0.2) is 0 Å². The van der Waals surface area contributed by atoms with Crippen molar-refractivity contribution in [1.29, 1.82) is 0 Å². The van der Waals surface area contributed by atoms with Crippen molar-refractivity contribution in [2.45, 2.75) is 17.1 Å². The maximum Gasteiger partial charge on any atom is 0.272 e. The van der Waals surface area contributed by atoms with Crippen LogP contribution in [0.5, 0.6) is 0 Å². The van der Waals surface area contributed by atoms with E-state index < -0.39 is 17.1 Å². The number of thioether (sulfide) groups is 1. The highest BCUT2D eigenvalue weighted by atomic mass is 32.2. The zero-order valence-electron chi connectivity index (χ0n) is 24.2. The second-order valence-corrected chi connectivity index (χ2v) is 12.1. The highest BCUT2D eigenvalue weighted by Crippen LogP contribution is 2.37. The van der Waals surface area contributed by atoms with Crippen molar-refractivity contribution < 1.29 is 19.2 Å². The van der Waals surface area contributed by atoms with Gasteiger partial charge in [0.1, 0.15) is 10.9 Å². The Morgan fingerprint density at radius 3 is 2.09 bits per heavy atom. The molecule has 3 N–H and O–H groups in total.